The van der Waals surface area contributed by atoms with E-state index in [1.54, 1.807) is 36.9 Å². The van der Waals surface area contributed by atoms with Crippen LogP contribution in [-0.4, -0.2) is 29.7 Å². The molecule has 0 amide bonds. The summed E-state index contributed by atoms with van der Waals surface area (Å²) in [4.78, 5) is 11.6. The Balaban J connectivity index is 2.38. The zero-order valence-corrected chi connectivity index (χ0v) is 10.3. The van der Waals surface area contributed by atoms with Crippen LogP contribution in [0.5, 0.6) is 0 Å². The Labute approximate surface area is 104 Å². The lowest BCUT2D eigenvalue weighted by molar-refractivity contribution is -0.174. The normalized spacial score (nSPS) is 12.1. The number of hydrogen-bond acceptors (Lipinski definition) is 2. The zero-order chi connectivity index (χ0) is 13.8. The van der Waals surface area contributed by atoms with Crippen LogP contribution < -0.4 is 0 Å². The summed E-state index contributed by atoms with van der Waals surface area (Å²) >= 11 is 0. The highest BCUT2D eigenvalue weighted by molar-refractivity contribution is 5.97. The molecule has 0 saturated heterocycles. The Morgan fingerprint density at radius 2 is 2.11 bits per heavy atom. The van der Waals surface area contributed by atoms with E-state index in [2.05, 4.69) is 4.74 Å². The number of carbonyl (C=O) groups excluding carboxylic acids is 1. The topological polar surface area (TPSA) is 31.2 Å². The van der Waals surface area contributed by atoms with Gasteiger partial charge in [-0.1, -0.05) is 13.8 Å². The number of alkyl halides is 3. The number of nitrogens with zero attached hydrogens (tertiary/aromatic N) is 1. The molecule has 6 heteroatoms. The predicted octanol–water partition coefficient (Wildman–Crippen LogP) is 2.91. The monoisotopic (exact) mass is 263 g/mol. The van der Waals surface area contributed by atoms with Gasteiger partial charge in [-0.05, 0) is 6.07 Å². The smallest absolute Gasteiger partial charge is 0.370 e. The van der Waals surface area contributed by atoms with Crippen LogP contribution in [0.3, 0.4) is 0 Å². The van der Waals surface area contributed by atoms with E-state index in [4.69, 9.17) is 0 Å². The summed E-state index contributed by atoms with van der Waals surface area (Å²) in [6.45, 7) is 2.61. The van der Waals surface area contributed by atoms with E-state index in [1.165, 1.54) is 0 Å². The molecule has 3 nitrogen and oxygen atoms in total. The highest BCUT2D eigenvalue weighted by Gasteiger charge is 2.27. The van der Waals surface area contributed by atoms with Gasteiger partial charge in [0.1, 0.15) is 6.61 Å². The average molecular weight is 263 g/mol. The van der Waals surface area contributed by atoms with Crippen LogP contribution in [0.2, 0.25) is 0 Å². The van der Waals surface area contributed by atoms with Crippen LogP contribution in [0.1, 0.15) is 24.2 Å². The van der Waals surface area contributed by atoms with E-state index in [0.29, 0.717) is 12.1 Å². The van der Waals surface area contributed by atoms with Crippen LogP contribution in [0.15, 0.2) is 18.5 Å². The van der Waals surface area contributed by atoms with Crippen molar-refractivity contribution in [3.63, 3.8) is 0 Å². The molecule has 0 N–H and O–H groups in total. The molecule has 0 bridgehead atoms. The quantitative estimate of drug-likeness (QED) is 0.583. The van der Waals surface area contributed by atoms with Gasteiger partial charge in [0.15, 0.2) is 5.78 Å². The second-order valence-electron chi connectivity index (χ2n) is 4.32. The van der Waals surface area contributed by atoms with Crippen molar-refractivity contribution < 1.29 is 22.7 Å². The first-order chi connectivity index (χ1) is 8.29. The summed E-state index contributed by atoms with van der Waals surface area (Å²) in [5, 5.41) is 0. The van der Waals surface area contributed by atoms with Crippen molar-refractivity contribution in [3.8, 4) is 0 Å². The number of halogens is 3. The van der Waals surface area contributed by atoms with Gasteiger partial charge in [-0.2, -0.15) is 13.2 Å². The molecule has 18 heavy (non-hydrogen) atoms. The third kappa shape index (κ3) is 4.91. The third-order valence-corrected chi connectivity index (χ3v) is 2.32. The lowest BCUT2D eigenvalue weighted by Crippen LogP contribution is -2.18. The largest absolute Gasteiger partial charge is 0.411 e. The first-order valence-electron chi connectivity index (χ1n) is 5.64. The minimum absolute atomic E-state index is 0.0185. The third-order valence-electron chi connectivity index (χ3n) is 2.32. The number of ether oxygens (including phenoxy) is 1. The van der Waals surface area contributed by atoms with Gasteiger partial charge in [-0.25, -0.2) is 0 Å². The Morgan fingerprint density at radius 1 is 1.44 bits per heavy atom. The van der Waals surface area contributed by atoms with Gasteiger partial charge in [-0.15, -0.1) is 0 Å². The average Bonchev–Trinajstić information content (AvgIpc) is 2.70. The summed E-state index contributed by atoms with van der Waals surface area (Å²) in [6.07, 6.45) is -1.01. The molecule has 1 rings (SSSR count). The summed E-state index contributed by atoms with van der Waals surface area (Å²) < 4.78 is 41.5. The lowest BCUT2D eigenvalue weighted by Gasteiger charge is -2.08. The first kappa shape index (κ1) is 14.8. The van der Waals surface area contributed by atoms with Crippen molar-refractivity contribution in [2.24, 2.45) is 5.92 Å². The molecule has 0 spiro atoms. The van der Waals surface area contributed by atoms with E-state index in [9.17, 15) is 18.0 Å². The second-order valence-corrected chi connectivity index (χ2v) is 4.32. The van der Waals surface area contributed by atoms with Crippen molar-refractivity contribution in [2.45, 2.75) is 26.6 Å². The van der Waals surface area contributed by atoms with Crippen molar-refractivity contribution >= 4 is 5.78 Å². The zero-order valence-electron chi connectivity index (χ0n) is 10.3. The SMILES string of the molecule is CC(C)C(=O)c1ccn(CCOCC(F)(F)F)c1. The maximum Gasteiger partial charge on any atom is 0.411 e. The minimum Gasteiger partial charge on any atom is -0.370 e. The van der Waals surface area contributed by atoms with E-state index in [0.717, 1.165) is 0 Å². The molecule has 0 radical (unpaired) electrons. The van der Waals surface area contributed by atoms with Gasteiger partial charge in [0, 0.05) is 30.4 Å². The fraction of sp³-hybridized carbons (Fsp3) is 0.583. The van der Waals surface area contributed by atoms with Gasteiger partial charge in [0.05, 0.1) is 6.61 Å². The van der Waals surface area contributed by atoms with Gasteiger partial charge in [0.25, 0.3) is 0 Å². The van der Waals surface area contributed by atoms with Crippen molar-refractivity contribution in [2.75, 3.05) is 13.2 Å². The van der Waals surface area contributed by atoms with Crippen molar-refractivity contribution in [3.05, 3.63) is 24.0 Å². The van der Waals surface area contributed by atoms with Crippen LogP contribution >= 0.6 is 0 Å². The highest BCUT2D eigenvalue weighted by atomic mass is 19.4. The maximum atomic E-state index is 11.8. The Bertz CT molecular complexity index is 396. The molecule has 0 atom stereocenters. The molecule has 0 saturated carbocycles. The molecular weight excluding hydrogens is 247 g/mol. The van der Waals surface area contributed by atoms with Crippen molar-refractivity contribution in [1.82, 2.24) is 4.57 Å². The number of Topliss-reactive ketones (excluding diaryl/α,β-unsaturated/α-hetero) is 1. The number of aromatic nitrogens is 1. The van der Waals surface area contributed by atoms with E-state index < -0.39 is 12.8 Å². The number of hydrogen-bond donors (Lipinski definition) is 0. The molecule has 0 aliphatic carbocycles. The molecule has 1 heterocycles. The van der Waals surface area contributed by atoms with Crippen molar-refractivity contribution in [1.29, 1.82) is 0 Å². The summed E-state index contributed by atoms with van der Waals surface area (Å²) in [7, 11) is 0. The fourth-order valence-corrected chi connectivity index (χ4v) is 1.42. The summed E-state index contributed by atoms with van der Waals surface area (Å²) in [5.41, 5.74) is 0.570. The Hall–Kier alpha value is -1.30. The molecule has 0 aliphatic heterocycles. The van der Waals surface area contributed by atoms with Gasteiger partial charge >= 0.3 is 6.18 Å². The Kier molecular flexibility index (Phi) is 4.95. The van der Waals surface area contributed by atoms with Crippen LogP contribution in [0, 0.1) is 5.92 Å². The first-order valence-corrected chi connectivity index (χ1v) is 5.64. The molecule has 0 fully saturated rings. The maximum absolute atomic E-state index is 11.8. The van der Waals surface area contributed by atoms with E-state index in [1.807, 2.05) is 0 Å². The molecule has 102 valence electrons. The van der Waals surface area contributed by atoms with Gasteiger partial charge in [-0.3, -0.25) is 4.79 Å². The number of carbonyl (C=O) groups is 1. The number of rotatable bonds is 6. The Morgan fingerprint density at radius 3 is 2.67 bits per heavy atom. The second kappa shape index (κ2) is 6.04. The van der Waals surface area contributed by atoms with E-state index in [-0.39, 0.29) is 18.3 Å². The van der Waals surface area contributed by atoms with Crippen LogP contribution in [0.25, 0.3) is 0 Å². The molecule has 0 aromatic carbocycles. The lowest BCUT2D eigenvalue weighted by atomic mass is 10.0. The molecule has 0 aliphatic rings. The fourth-order valence-electron chi connectivity index (χ4n) is 1.42. The molecule has 1 aromatic rings. The minimum atomic E-state index is -4.30. The van der Waals surface area contributed by atoms with Gasteiger partial charge in [0.2, 0.25) is 0 Å². The summed E-state index contributed by atoms with van der Waals surface area (Å²) in [6, 6.07) is 1.66. The molecular formula is C12H16F3NO2. The van der Waals surface area contributed by atoms with Gasteiger partial charge < -0.3 is 9.30 Å². The highest BCUT2D eigenvalue weighted by Crippen LogP contribution is 2.14. The van der Waals surface area contributed by atoms with Crippen LogP contribution in [-0.2, 0) is 11.3 Å². The molecule has 1 aromatic heterocycles. The summed E-state index contributed by atoms with van der Waals surface area (Å²) in [5.74, 6) is -0.0766. The standard InChI is InChI=1S/C12H16F3NO2/c1-9(2)11(17)10-3-4-16(7-10)5-6-18-8-12(13,14)15/h3-4,7,9H,5-6,8H2,1-2H3. The number of ketones is 1. The molecule has 0 unspecified atom stereocenters. The predicted molar refractivity (Wildman–Crippen MR) is 60.5 cm³/mol. The van der Waals surface area contributed by atoms with E-state index >= 15 is 0 Å². The van der Waals surface area contributed by atoms with Crippen LogP contribution in [0.4, 0.5) is 13.2 Å².